The van der Waals surface area contributed by atoms with Gasteiger partial charge in [0.2, 0.25) is 5.91 Å². The number of rotatable bonds is 4. The van der Waals surface area contributed by atoms with E-state index < -0.39 is 0 Å². The number of carbonyl (C=O) groups excluding carboxylic acids is 1. The van der Waals surface area contributed by atoms with Crippen molar-refractivity contribution in [2.24, 2.45) is 0 Å². The smallest absolute Gasteiger partial charge is 0.237 e. The molecule has 0 bridgehead atoms. The van der Waals surface area contributed by atoms with Gasteiger partial charge in [0, 0.05) is 6.54 Å². The minimum atomic E-state index is 0. The Labute approximate surface area is 121 Å². The lowest BCUT2D eigenvalue weighted by Crippen LogP contribution is -2.41. The highest BCUT2D eigenvalue weighted by atomic mass is 35.5. The van der Waals surface area contributed by atoms with Gasteiger partial charge in [0.25, 0.3) is 0 Å². The molecular weight excluding hydrogens is 260 g/mol. The minimum Gasteiger partial charge on any atom is -0.354 e. The third-order valence-corrected chi connectivity index (χ3v) is 3.37. The van der Waals surface area contributed by atoms with Crippen molar-refractivity contribution >= 4 is 18.3 Å². The van der Waals surface area contributed by atoms with E-state index in [0.717, 1.165) is 32.4 Å². The first-order chi connectivity index (χ1) is 8.65. The van der Waals surface area contributed by atoms with Crippen molar-refractivity contribution in [3.8, 4) is 0 Å². The molecule has 1 heterocycles. The van der Waals surface area contributed by atoms with Gasteiger partial charge in [-0.05, 0) is 45.2 Å². The van der Waals surface area contributed by atoms with Gasteiger partial charge in [-0.1, -0.05) is 29.3 Å². The number of hydrogen-bond donors (Lipinski definition) is 2. The highest BCUT2D eigenvalue weighted by molar-refractivity contribution is 5.85. The van der Waals surface area contributed by atoms with E-state index in [1.54, 1.807) is 0 Å². The monoisotopic (exact) mass is 282 g/mol. The highest BCUT2D eigenvalue weighted by Crippen LogP contribution is 2.09. The lowest BCUT2D eigenvalue weighted by molar-refractivity contribution is -0.122. The summed E-state index contributed by atoms with van der Waals surface area (Å²) >= 11 is 0. The Kier molecular flexibility index (Phi) is 6.32. The van der Waals surface area contributed by atoms with E-state index in [0.29, 0.717) is 0 Å². The van der Waals surface area contributed by atoms with Crippen molar-refractivity contribution in [2.75, 3.05) is 13.1 Å². The lowest BCUT2D eigenvalue weighted by atomic mass is 10.1. The number of amides is 1. The number of nitrogens with one attached hydrogen (secondary N) is 2. The molecule has 1 aliphatic rings. The fraction of sp³-hybridized carbons (Fsp3) is 0.533. The van der Waals surface area contributed by atoms with E-state index in [4.69, 9.17) is 0 Å². The van der Waals surface area contributed by atoms with Gasteiger partial charge >= 0.3 is 0 Å². The maximum atomic E-state index is 11.8. The van der Waals surface area contributed by atoms with Crippen LogP contribution in [0.1, 0.15) is 29.5 Å². The summed E-state index contributed by atoms with van der Waals surface area (Å²) in [5, 5.41) is 6.22. The topological polar surface area (TPSA) is 41.1 Å². The highest BCUT2D eigenvalue weighted by Gasteiger charge is 2.21. The largest absolute Gasteiger partial charge is 0.354 e. The summed E-state index contributed by atoms with van der Waals surface area (Å²) in [5.74, 6) is 0.150. The van der Waals surface area contributed by atoms with Gasteiger partial charge in [0.1, 0.15) is 0 Å². The zero-order valence-electron chi connectivity index (χ0n) is 11.7. The van der Waals surface area contributed by atoms with Crippen LogP contribution in [0.25, 0.3) is 0 Å². The molecule has 3 nitrogen and oxygen atoms in total. The third-order valence-electron chi connectivity index (χ3n) is 3.37. The van der Waals surface area contributed by atoms with E-state index in [2.05, 4.69) is 42.7 Å². The molecule has 19 heavy (non-hydrogen) atoms. The minimum absolute atomic E-state index is 0. The quantitative estimate of drug-likeness (QED) is 0.888. The molecule has 0 spiro atoms. The number of hydrogen-bond acceptors (Lipinski definition) is 2. The average Bonchev–Trinajstić information content (AvgIpc) is 2.80. The van der Waals surface area contributed by atoms with Gasteiger partial charge in [-0.25, -0.2) is 0 Å². The Hall–Kier alpha value is -1.06. The molecule has 1 fully saturated rings. The zero-order chi connectivity index (χ0) is 13.0. The van der Waals surface area contributed by atoms with Gasteiger partial charge < -0.3 is 10.6 Å². The van der Waals surface area contributed by atoms with Crippen molar-refractivity contribution in [2.45, 2.75) is 39.2 Å². The Morgan fingerprint density at radius 1 is 1.32 bits per heavy atom. The maximum Gasteiger partial charge on any atom is 0.237 e. The van der Waals surface area contributed by atoms with Crippen LogP contribution >= 0.6 is 12.4 Å². The first-order valence-electron chi connectivity index (χ1n) is 6.73. The summed E-state index contributed by atoms with van der Waals surface area (Å²) < 4.78 is 0. The van der Waals surface area contributed by atoms with Crippen molar-refractivity contribution < 1.29 is 4.79 Å². The van der Waals surface area contributed by atoms with Crippen molar-refractivity contribution in [1.29, 1.82) is 0 Å². The van der Waals surface area contributed by atoms with Crippen LogP contribution in [-0.2, 0) is 11.2 Å². The number of halogens is 1. The van der Waals surface area contributed by atoms with Gasteiger partial charge in [-0.3, -0.25) is 4.79 Å². The normalized spacial score (nSPS) is 17.9. The van der Waals surface area contributed by atoms with Crippen LogP contribution in [0.5, 0.6) is 0 Å². The molecule has 0 radical (unpaired) electrons. The second-order valence-electron chi connectivity index (χ2n) is 5.19. The molecule has 1 aromatic rings. The zero-order valence-corrected chi connectivity index (χ0v) is 12.5. The Bertz CT molecular complexity index is 408. The summed E-state index contributed by atoms with van der Waals surface area (Å²) in [5.41, 5.74) is 3.87. The molecule has 1 saturated heterocycles. The second-order valence-corrected chi connectivity index (χ2v) is 5.19. The molecule has 4 heteroatoms. The maximum absolute atomic E-state index is 11.8. The number of aryl methyl sites for hydroxylation is 2. The summed E-state index contributed by atoms with van der Waals surface area (Å²) in [6, 6.07) is 6.58. The standard InChI is InChI=1S/C15H22N2O.ClH/c1-11-8-12(2)10-13(9-11)5-7-17-15(18)14-4-3-6-16-14;/h8-10,14,16H,3-7H2,1-2H3,(H,17,18);1H. The number of benzene rings is 1. The molecule has 106 valence electrons. The fourth-order valence-electron chi connectivity index (χ4n) is 2.57. The van der Waals surface area contributed by atoms with Crippen LogP contribution < -0.4 is 10.6 Å². The van der Waals surface area contributed by atoms with Crippen LogP contribution in [-0.4, -0.2) is 25.0 Å². The first-order valence-corrected chi connectivity index (χ1v) is 6.73. The van der Waals surface area contributed by atoms with E-state index in [1.165, 1.54) is 16.7 Å². The Morgan fingerprint density at radius 2 is 2.00 bits per heavy atom. The van der Waals surface area contributed by atoms with Crippen LogP contribution in [0.15, 0.2) is 18.2 Å². The third kappa shape index (κ3) is 4.84. The van der Waals surface area contributed by atoms with Gasteiger partial charge in [0.15, 0.2) is 0 Å². The van der Waals surface area contributed by atoms with Gasteiger partial charge in [-0.15, -0.1) is 12.4 Å². The fourth-order valence-corrected chi connectivity index (χ4v) is 2.57. The van der Waals surface area contributed by atoms with E-state index in [1.807, 2.05) is 0 Å². The van der Waals surface area contributed by atoms with Crippen molar-refractivity contribution in [3.05, 3.63) is 34.9 Å². The molecule has 0 aromatic heterocycles. The summed E-state index contributed by atoms with van der Waals surface area (Å²) in [6.07, 6.45) is 2.98. The van der Waals surface area contributed by atoms with Crippen LogP contribution in [0.4, 0.5) is 0 Å². The van der Waals surface area contributed by atoms with Crippen LogP contribution in [0, 0.1) is 13.8 Å². The first kappa shape index (κ1) is 16.0. The summed E-state index contributed by atoms with van der Waals surface area (Å²) in [4.78, 5) is 11.8. The molecule has 0 aliphatic carbocycles. The predicted molar refractivity (Wildman–Crippen MR) is 80.9 cm³/mol. The predicted octanol–water partition coefficient (Wildman–Crippen LogP) is 2.14. The Morgan fingerprint density at radius 3 is 2.58 bits per heavy atom. The summed E-state index contributed by atoms with van der Waals surface area (Å²) in [7, 11) is 0. The molecule has 1 aromatic carbocycles. The van der Waals surface area contributed by atoms with Crippen molar-refractivity contribution in [3.63, 3.8) is 0 Å². The summed E-state index contributed by atoms with van der Waals surface area (Å²) in [6.45, 7) is 5.91. The SMILES string of the molecule is Cc1cc(C)cc(CCNC(=O)C2CCCN2)c1.Cl. The molecular formula is C15H23ClN2O. The molecule has 2 N–H and O–H groups in total. The van der Waals surface area contributed by atoms with Crippen LogP contribution in [0.2, 0.25) is 0 Å². The number of carbonyl (C=O) groups is 1. The average molecular weight is 283 g/mol. The molecule has 1 unspecified atom stereocenters. The van der Waals surface area contributed by atoms with E-state index >= 15 is 0 Å². The van der Waals surface area contributed by atoms with Gasteiger partial charge in [0.05, 0.1) is 6.04 Å². The molecule has 2 rings (SSSR count). The second kappa shape index (κ2) is 7.51. The lowest BCUT2D eigenvalue weighted by Gasteiger charge is -2.11. The van der Waals surface area contributed by atoms with Crippen LogP contribution in [0.3, 0.4) is 0 Å². The van der Waals surface area contributed by atoms with E-state index in [-0.39, 0.29) is 24.4 Å². The van der Waals surface area contributed by atoms with E-state index in [9.17, 15) is 4.79 Å². The molecule has 0 saturated carbocycles. The van der Waals surface area contributed by atoms with Crippen molar-refractivity contribution in [1.82, 2.24) is 10.6 Å². The molecule has 1 atom stereocenters. The molecule has 1 amide bonds. The van der Waals surface area contributed by atoms with Gasteiger partial charge in [-0.2, -0.15) is 0 Å². The Balaban J connectivity index is 0.00000180. The molecule has 1 aliphatic heterocycles.